The van der Waals surface area contributed by atoms with E-state index in [2.05, 4.69) is 0 Å². The molecule has 1 saturated heterocycles. The molecule has 1 heterocycles. The monoisotopic (exact) mass is 228 g/mol. The number of hydrogen-bond donors (Lipinski definition) is 1. The Morgan fingerprint density at radius 1 is 1.31 bits per heavy atom. The molecule has 0 atom stereocenters. The van der Waals surface area contributed by atoms with Crippen LogP contribution in [-0.2, 0) is 14.3 Å². The van der Waals surface area contributed by atoms with Crippen LogP contribution in [0.4, 0.5) is 0 Å². The fraction of sp³-hybridized carbons (Fsp3) is 0.917. The molecule has 16 heavy (non-hydrogen) atoms. The van der Waals surface area contributed by atoms with Gasteiger partial charge < -0.3 is 14.6 Å². The summed E-state index contributed by atoms with van der Waals surface area (Å²) in [6, 6.07) is 0. The Morgan fingerprint density at radius 2 is 2.00 bits per heavy atom. The zero-order valence-electron chi connectivity index (χ0n) is 9.83. The van der Waals surface area contributed by atoms with Crippen molar-refractivity contribution in [2.45, 2.75) is 56.7 Å². The van der Waals surface area contributed by atoms with Crippen LogP contribution in [0.3, 0.4) is 0 Å². The number of esters is 1. The van der Waals surface area contributed by atoms with Crippen molar-refractivity contribution in [3.8, 4) is 0 Å². The molecule has 0 aromatic carbocycles. The first-order valence-electron chi connectivity index (χ1n) is 6.14. The molecule has 2 fully saturated rings. The van der Waals surface area contributed by atoms with Gasteiger partial charge >= 0.3 is 5.97 Å². The zero-order chi connectivity index (χ0) is 11.6. The van der Waals surface area contributed by atoms with E-state index in [0.29, 0.717) is 19.4 Å². The van der Waals surface area contributed by atoms with E-state index in [1.807, 2.05) is 0 Å². The summed E-state index contributed by atoms with van der Waals surface area (Å²) in [6.07, 6.45) is 4.62. The maximum Gasteiger partial charge on any atom is 0.338 e. The van der Waals surface area contributed by atoms with E-state index in [1.165, 1.54) is 0 Å². The fourth-order valence-corrected chi connectivity index (χ4v) is 2.74. The van der Waals surface area contributed by atoms with E-state index >= 15 is 0 Å². The molecule has 0 aromatic rings. The van der Waals surface area contributed by atoms with Gasteiger partial charge in [-0.1, -0.05) is 0 Å². The van der Waals surface area contributed by atoms with Crippen molar-refractivity contribution in [2.75, 3.05) is 13.2 Å². The van der Waals surface area contributed by atoms with Crippen LogP contribution in [0.1, 0.15) is 45.4 Å². The molecule has 0 radical (unpaired) electrons. The van der Waals surface area contributed by atoms with Crippen molar-refractivity contribution in [3.05, 3.63) is 0 Å². The van der Waals surface area contributed by atoms with E-state index in [9.17, 15) is 9.90 Å². The van der Waals surface area contributed by atoms with Gasteiger partial charge in [0.05, 0.1) is 12.2 Å². The van der Waals surface area contributed by atoms with Crippen LogP contribution in [0.15, 0.2) is 0 Å². The highest BCUT2D eigenvalue weighted by Gasteiger charge is 2.48. The van der Waals surface area contributed by atoms with E-state index < -0.39 is 11.6 Å². The fourth-order valence-electron chi connectivity index (χ4n) is 2.74. The van der Waals surface area contributed by atoms with Crippen molar-refractivity contribution in [2.24, 2.45) is 0 Å². The van der Waals surface area contributed by atoms with Crippen LogP contribution in [0, 0.1) is 0 Å². The van der Waals surface area contributed by atoms with Crippen molar-refractivity contribution >= 4 is 5.97 Å². The second kappa shape index (κ2) is 4.34. The zero-order valence-corrected chi connectivity index (χ0v) is 9.83. The molecule has 1 N–H and O–H groups in total. The van der Waals surface area contributed by atoms with E-state index in [1.54, 1.807) is 6.92 Å². The molecule has 0 bridgehead atoms. The molecule has 1 spiro atoms. The third kappa shape index (κ3) is 2.09. The maximum absolute atomic E-state index is 11.6. The van der Waals surface area contributed by atoms with Gasteiger partial charge in [0.1, 0.15) is 0 Å². The van der Waals surface area contributed by atoms with Gasteiger partial charge in [0.25, 0.3) is 0 Å². The second-order valence-electron chi connectivity index (χ2n) is 4.89. The number of ether oxygens (including phenoxy) is 2. The lowest BCUT2D eigenvalue weighted by molar-refractivity contribution is -0.174. The molecular formula is C12H20O4. The van der Waals surface area contributed by atoms with Crippen LogP contribution in [0.2, 0.25) is 0 Å². The van der Waals surface area contributed by atoms with Crippen LogP contribution < -0.4 is 0 Å². The molecule has 0 unspecified atom stereocenters. The summed E-state index contributed by atoms with van der Waals surface area (Å²) >= 11 is 0. The van der Waals surface area contributed by atoms with Crippen molar-refractivity contribution in [1.82, 2.24) is 0 Å². The number of aliphatic hydroxyl groups is 1. The molecule has 1 aliphatic carbocycles. The minimum absolute atomic E-state index is 0.0568. The third-order valence-electron chi connectivity index (χ3n) is 3.83. The summed E-state index contributed by atoms with van der Waals surface area (Å²) in [5.74, 6) is -0.470. The largest absolute Gasteiger partial charge is 0.464 e. The van der Waals surface area contributed by atoms with E-state index in [-0.39, 0.29) is 5.60 Å². The highest BCUT2D eigenvalue weighted by molar-refractivity contribution is 5.79. The van der Waals surface area contributed by atoms with Gasteiger partial charge in [0, 0.05) is 6.61 Å². The number of carbonyl (C=O) groups is 1. The maximum atomic E-state index is 11.6. The van der Waals surface area contributed by atoms with Gasteiger partial charge in [-0.2, -0.15) is 0 Å². The predicted molar refractivity (Wildman–Crippen MR) is 58.0 cm³/mol. The molecule has 0 aromatic heterocycles. The Kier molecular flexibility index (Phi) is 3.22. The summed E-state index contributed by atoms with van der Waals surface area (Å²) in [4.78, 5) is 11.6. The van der Waals surface area contributed by atoms with Crippen LogP contribution in [0.25, 0.3) is 0 Å². The highest BCUT2D eigenvalue weighted by Crippen LogP contribution is 2.43. The Labute approximate surface area is 95.9 Å². The lowest BCUT2D eigenvalue weighted by Crippen LogP contribution is -2.48. The van der Waals surface area contributed by atoms with Crippen LogP contribution in [0.5, 0.6) is 0 Å². The summed E-state index contributed by atoms with van der Waals surface area (Å²) in [7, 11) is 0. The Morgan fingerprint density at radius 3 is 2.50 bits per heavy atom. The summed E-state index contributed by atoms with van der Waals surface area (Å²) in [5, 5.41) is 10.2. The topological polar surface area (TPSA) is 55.8 Å². The second-order valence-corrected chi connectivity index (χ2v) is 4.89. The first kappa shape index (κ1) is 11.9. The van der Waals surface area contributed by atoms with Gasteiger partial charge in [-0.25, -0.2) is 4.79 Å². The van der Waals surface area contributed by atoms with Crippen molar-refractivity contribution in [3.63, 3.8) is 0 Å². The van der Waals surface area contributed by atoms with Gasteiger partial charge in [0.2, 0.25) is 0 Å². The van der Waals surface area contributed by atoms with Gasteiger partial charge in [-0.3, -0.25) is 0 Å². The van der Waals surface area contributed by atoms with Crippen LogP contribution in [-0.4, -0.2) is 35.5 Å². The minimum atomic E-state index is -1.27. The molecule has 92 valence electrons. The van der Waals surface area contributed by atoms with Gasteiger partial charge in [-0.15, -0.1) is 0 Å². The van der Waals surface area contributed by atoms with E-state index in [4.69, 9.17) is 9.47 Å². The Bertz CT molecular complexity index is 258. The van der Waals surface area contributed by atoms with Crippen molar-refractivity contribution in [1.29, 1.82) is 0 Å². The highest BCUT2D eigenvalue weighted by atomic mass is 16.5. The molecular weight excluding hydrogens is 208 g/mol. The number of rotatable bonds is 2. The van der Waals surface area contributed by atoms with Crippen molar-refractivity contribution < 1.29 is 19.4 Å². The Balaban J connectivity index is 1.95. The molecule has 2 aliphatic rings. The molecule has 4 heteroatoms. The van der Waals surface area contributed by atoms with Gasteiger partial charge in [-0.05, 0) is 45.4 Å². The molecule has 1 saturated carbocycles. The Hall–Kier alpha value is -0.610. The van der Waals surface area contributed by atoms with Crippen LogP contribution >= 0.6 is 0 Å². The normalized spacial score (nSPS) is 38.9. The molecule has 2 rings (SSSR count). The lowest BCUT2D eigenvalue weighted by atomic mass is 9.75. The third-order valence-corrected chi connectivity index (χ3v) is 3.83. The molecule has 4 nitrogen and oxygen atoms in total. The van der Waals surface area contributed by atoms with Gasteiger partial charge in [0.15, 0.2) is 5.60 Å². The average Bonchev–Trinajstić information content (AvgIpc) is 2.73. The number of carbonyl (C=O) groups excluding carboxylic acids is 1. The minimum Gasteiger partial charge on any atom is -0.464 e. The standard InChI is InChI=1S/C12H20O4/c1-2-15-10(13)12(14)7-5-11(6-8-12)4-3-9-16-11/h14H,2-9H2,1H3. The molecule has 1 aliphatic heterocycles. The van der Waals surface area contributed by atoms with E-state index in [0.717, 1.165) is 32.3 Å². The quantitative estimate of drug-likeness (QED) is 0.726. The molecule has 0 amide bonds. The first-order valence-corrected chi connectivity index (χ1v) is 6.14. The summed E-state index contributed by atoms with van der Waals surface area (Å²) < 4.78 is 10.7. The average molecular weight is 228 g/mol. The first-order chi connectivity index (χ1) is 7.60. The number of hydrogen-bond acceptors (Lipinski definition) is 4. The summed E-state index contributed by atoms with van der Waals surface area (Å²) in [5.41, 5.74) is -1.33. The smallest absolute Gasteiger partial charge is 0.338 e. The predicted octanol–water partition coefficient (Wildman–Crippen LogP) is 1.40. The lowest BCUT2D eigenvalue weighted by Gasteiger charge is -2.39. The summed E-state index contributed by atoms with van der Waals surface area (Å²) in [6.45, 7) is 2.90. The SMILES string of the molecule is CCOC(=O)C1(O)CCC2(CCCO2)CC1.